The number of nitrogens with zero attached hydrogens (tertiary/aromatic N) is 2. The zero-order valence-corrected chi connectivity index (χ0v) is 14.5. The molecule has 0 atom stereocenters. The maximum atomic E-state index is 12.1. The normalized spacial score (nSPS) is 13.4. The van der Waals surface area contributed by atoms with Gasteiger partial charge in [0, 0.05) is 26.2 Å². The molecule has 0 unspecified atom stereocenters. The van der Waals surface area contributed by atoms with Gasteiger partial charge in [0.1, 0.15) is 0 Å². The third kappa shape index (κ3) is 5.38. The Morgan fingerprint density at radius 3 is 1.76 bits per heavy atom. The molecule has 0 fully saturated rings. The number of anilines is 2. The highest BCUT2D eigenvalue weighted by Gasteiger charge is 2.22. The fraction of sp³-hybridized carbons (Fsp3) is 0.368. The van der Waals surface area contributed by atoms with Crippen molar-refractivity contribution in [1.82, 2.24) is 10.6 Å². The average molecular weight is 342 g/mol. The number of hydrogen-bond donors (Lipinski definition) is 2. The van der Waals surface area contributed by atoms with E-state index in [-0.39, 0.29) is 11.8 Å². The number of nitrogens with one attached hydrogen (secondary N) is 2. The van der Waals surface area contributed by atoms with E-state index in [2.05, 4.69) is 33.6 Å². The van der Waals surface area contributed by atoms with Gasteiger partial charge in [0.05, 0.1) is 24.5 Å². The van der Waals surface area contributed by atoms with Gasteiger partial charge in [-0.05, 0) is 18.6 Å². The summed E-state index contributed by atoms with van der Waals surface area (Å²) in [5, 5.41) is 5.62. The smallest absolute Gasteiger partial charge is 0.239 e. The molecule has 0 aromatic heterocycles. The number of para-hydroxylation sites is 2. The quantitative estimate of drug-likeness (QED) is 0.699. The van der Waals surface area contributed by atoms with Crippen molar-refractivity contribution < 1.29 is 9.59 Å². The Labute approximate surface area is 149 Å². The molecule has 0 aliphatic carbocycles. The van der Waals surface area contributed by atoms with Crippen LogP contribution in [0.2, 0.25) is 0 Å². The Morgan fingerprint density at radius 2 is 1.36 bits per heavy atom. The third-order valence-electron chi connectivity index (χ3n) is 3.98. The molecule has 0 radical (unpaired) electrons. The van der Waals surface area contributed by atoms with Crippen LogP contribution in [0.1, 0.15) is 6.42 Å². The second kappa shape index (κ2) is 9.52. The van der Waals surface area contributed by atoms with Crippen LogP contribution in [0.5, 0.6) is 0 Å². The molecular formula is C19H26N4O2. The van der Waals surface area contributed by atoms with Gasteiger partial charge in [0.25, 0.3) is 0 Å². The van der Waals surface area contributed by atoms with Gasteiger partial charge in [-0.1, -0.05) is 24.3 Å². The van der Waals surface area contributed by atoms with Gasteiger partial charge in [-0.2, -0.15) is 0 Å². The summed E-state index contributed by atoms with van der Waals surface area (Å²) in [6, 6.07) is 7.90. The molecule has 6 nitrogen and oxygen atoms in total. The minimum Gasteiger partial charge on any atom is -0.360 e. The molecule has 1 aliphatic rings. The van der Waals surface area contributed by atoms with Crippen LogP contribution in [0.15, 0.2) is 49.6 Å². The molecule has 0 saturated heterocycles. The lowest BCUT2D eigenvalue weighted by Gasteiger charge is -2.27. The third-order valence-corrected chi connectivity index (χ3v) is 3.98. The Kier molecular flexibility index (Phi) is 7.07. The van der Waals surface area contributed by atoms with E-state index < -0.39 is 0 Å². The highest BCUT2D eigenvalue weighted by Crippen LogP contribution is 2.31. The van der Waals surface area contributed by atoms with Crippen molar-refractivity contribution in [3.8, 4) is 0 Å². The Balaban J connectivity index is 2.13. The van der Waals surface area contributed by atoms with Crippen molar-refractivity contribution in [2.75, 3.05) is 49.1 Å². The van der Waals surface area contributed by atoms with Crippen molar-refractivity contribution in [1.29, 1.82) is 0 Å². The van der Waals surface area contributed by atoms with Crippen molar-refractivity contribution >= 4 is 23.2 Å². The number of carbonyl (C=O) groups is 2. The van der Waals surface area contributed by atoms with Gasteiger partial charge < -0.3 is 20.4 Å². The standard InChI is InChI=1S/C19H26N4O2/c1-3-10-20-18(24)14-22-12-7-13-23(15-19(25)21-11-4-2)17-9-6-5-8-16(17)22/h3-6,8-9H,1-2,7,10-15H2,(H,20,24)(H,21,25). The number of benzene rings is 1. The van der Waals surface area contributed by atoms with E-state index in [0.717, 1.165) is 30.9 Å². The summed E-state index contributed by atoms with van der Waals surface area (Å²) in [4.78, 5) is 28.3. The Hall–Kier alpha value is -2.76. The summed E-state index contributed by atoms with van der Waals surface area (Å²) in [5.74, 6) is -0.0706. The second-order valence-corrected chi connectivity index (χ2v) is 5.87. The Bertz CT molecular complexity index is 577. The highest BCUT2D eigenvalue weighted by atomic mass is 16.2. The fourth-order valence-electron chi connectivity index (χ4n) is 2.85. The predicted molar refractivity (Wildman–Crippen MR) is 102 cm³/mol. The number of rotatable bonds is 8. The van der Waals surface area contributed by atoms with E-state index in [4.69, 9.17) is 0 Å². The summed E-state index contributed by atoms with van der Waals surface area (Å²) < 4.78 is 0. The van der Waals surface area contributed by atoms with Crippen LogP contribution in [0.3, 0.4) is 0 Å². The number of carbonyl (C=O) groups excluding carboxylic acids is 2. The summed E-state index contributed by atoms with van der Waals surface area (Å²) in [6.07, 6.45) is 4.20. The highest BCUT2D eigenvalue weighted by molar-refractivity contribution is 5.86. The van der Waals surface area contributed by atoms with Crippen molar-refractivity contribution in [3.05, 3.63) is 49.6 Å². The first-order chi connectivity index (χ1) is 12.2. The lowest BCUT2D eigenvalue weighted by atomic mass is 10.2. The molecule has 1 aromatic rings. The first-order valence-electron chi connectivity index (χ1n) is 8.49. The second-order valence-electron chi connectivity index (χ2n) is 5.87. The summed E-state index contributed by atoms with van der Waals surface area (Å²) >= 11 is 0. The summed E-state index contributed by atoms with van der Waals surface area (Å²) in [7, 11) is 0. The largest absolute Gasteiger partial charge is 0.360 e. The molecule has 0 spiro atoms. The average Bonchev–Trinajstić information content (AvgIpc) is 2.78. The molecule has 6 heteroatoms. The van der Waals surface area contributed by atoms with Gasteiger partial charge in [-0.25, -0.2) is 0 Å². The van der Waals surface area contributed by atoms with Crippen molar-refractivity contribution in [2.24, 2.45) is 0 Å². The molecule has 134 valence electrons. The van der Waals surface area contributed by atoms with E-state index >= 15 is 0 Å². The van der Waals surface area contributed by atoms with Crippen LogP contribution >= 0.6 is 0 Å². The summed E-state index contributed by atoms with van der Waals surface area (Å²) in [6.45, 7) is 10.3. The van der Waals surface area contributed by atoms with Crippen molar-refractivity contribution in [2.45, 2.75) is 6.42 Å². The van der Waals surface area contributed by atoms with Gasteiger partial charge >= 0.3 is 0 Å². The molecule has 2 amide bonds. The predicted octanol–water partition coefficient (Wildman–Crippen LogP) is 1.31. The molecule has 1 aromatic carbocycles. The van der Waals surface area contributed by atoms with E-state index in [9.17, 15) is 9.59 Å². The zero-order valence-electron chi connectivity index (χ0n) is 14.5. The molecule has 2 N–H and O–H groups in total. The Morgan fingerprint density at radius 1 is 0.920 bits per heavy atom. The summed E-state index contributed by atoms with van der Waals surface area (Å²) in [5.41, 5.74) is 1.95. The van der Waals surface area contributed by atoms with Crippen LogP contribution in [0, 0.1) is 0 Å². The zero-order chi connectivity index (χ0) is 18.1. The van der Waals surface area contributed by atoms with E-state index in [1.165, 1.54) is 0 Å². The molecule has 25 heavy (non-hydrogen) atoms. The monoisotopic (exact) mass is 342 g/mol. The van der Waals surface area contributed by atoms with Gasteiger partial charge in [0.2, 0.25) is 11.8 Å². The SMILES string of the molecule is C=CCNC(=O)CN1CCCN(CC(=O)NCC=C)c2ccccc21. The van der Waals surface area contributed by atoms with Crippen LogP contribution in [0.25, 0.3) is 0 Å². The van der Waals surface area contributed by atoms with Crippen LogP contribution < -0.4 is 20.4 Å². The maximum Gasteiger partial charge on any atom is 0.239 e. The van der Waals surface area contributed by atoms with Gasteiger partial charge in [0.15, 0.2) is 0 Å². The molecule has 0 saturated carbocycles. The molecule has 0 bridgehead atoms. The minimum absolute atomic E-state index is 0.0353. The molecule has 1 heterocycles. The van der Waals surface area contributed by atoms with Gasteiger partial charge in [-0.3, -0.25) is 9.59 Å². The first kappa shape index (κ1) is 18.6. The number of hydrogen-bond acceptors (Lipinski definition) is 4. The topological polar surface area (TPSA) is 64.7 Å². The fourth-order valence-corrected chi connectivity index (χ4v) is 2.85. The van der Waals surface area contributed by atoms with E-state index in [1.54, 1.807) is 12.2 Å². The van der Waals surface area contributed by atoms with Crippen LogP contribution in [-0.4, -0.2) is 51.1 Å². The lowest BCUT2D eigenvalue weighted by molar-refractivity contribution is -0.120. The maximum absolute atomic E-state index is 12.1. The molecule has 2 rings (SSSR count). The van der Waals surface area contributed by atoms with E-state index in [0.29, 0.717) is 26.2 Å². The molecule has 1 aliphatic heterocycles. The first-order valence-corrected chi connectivity index (χ1v) is 8.49. The van der Waals surface area contributed by atoms with Crippen LogP contribution in [0.4, 0.5) is 11.4 Å². The lowest BCUT2D eigenvalue weighted by Crippen LogP contribution is -2.38. The minimum atomic E-state index is -0.0353. The van der Waals surface area contributed by atoms with Crippen LogP contribution in [-0.2, 0) is 9.59 Å². The van der Waals surface area contributed by atoms with E-state index in [1.807, 2.05) is 24.3 Å². The van der Waals surface area contributed by atoms with Crippen molar-refractivity contribution in [3.63, 3.8) is 0 Å². The number of fused-ring (bicyclic) bond motifs is 1. The number of amides is 2. The molecular weight excluding hydrogens is 316 g/mol. The van der Waals surface area contributed by atoms with Gasteiger partial charge in [-0.15, -0.1) is 13.2 Å².